The lowest BCUT2D eigenvalue weighted by Gasteiger charge is -2.43. The molecular formula is C19H30N2O4S. The highest BCUT2D eigenvalue weighted by molar-refractivity contribution is 7.90. The molecule has 26 heavy (non-hydrogen) atoms. The zero-order chi connectivity index (χ0) is 19.3. The highest BCUT2D eigenvalue weighted by Crippen LogP contribution is 2.25. The molecule has 1 aromatic rings. The predicted molar refractivity (Wildman–Crippen MR) is 103 cm³/mol. The third-order valence-corrected chi connectivity index (χ3v) is 5.87. The van der Waals surface area contributed by atoms with E-state index in [1.165, 1.54) is 6.26 Å². The summed E-state index contributed by atoms with van der Waals surface area (Å²) < 4.78 is 29.0. The fourth-order valence-corrected chi connectivity index (χ4v) is 3.80. The van der Waals surface area contributed by atoms with E-state index in [9.17, 15) is 13.2 Å². The third kappa shape index (κ3) is 5.13. The lowest BCUT2D eigenvalue weighted by molar-refractivity contribution is 0.0697. The van der Waals surface area contributed by atoms with E-state index < -0.39 is 9.84 Å². The summed E-state index contributed by atoms with van der Waals surface area (Å²) in [5.74, 6) is 0.273. The number of unbranched alkanes of at least 4 members (excludes halogenated alkanes) is 1. The van der Waals surface area contributed by atoms with Gasteiger partial charge < -0.3 is 14.5 Å². The van der Waals surface area contributed by atoms with Crippen LogP contribution in [0.2, 0.25) is 0 Å². The van der Waals surface area contributed by atoms with Crippen LogP contribution in [0.5, 0.6) is 0 Å². The molecule has 1 amide bonds. The lowest BCUT2D eigenvalue weighted by Crippen LogP contribution is -2.57. The molecule has 6 nitrogen and oxygen atoms in total. The summed E-state index contributed by atoms with van der Waals surface area (Å²) in [5, 5.41) is 0. The van der Waals surface area contributed by atoms with Gasteiger partial charge in [-0.15, -0.1) is 0 Å². The number of ether oxygens (including phenoxy) is 1. The molecule has 0 aromatic heterocycles. The first kappa shape index (κ1) is 20.6. The summed E-state index contributed by atoms with van der Waals surface area (Å²) in [6.45, 7) is 8.58. The van der Waals surface area contributed by atoms with Gasteiger partial charge in [0, 0.05) is 31.6 Å². The lowest BCUT2D eigenvalue weighted by atomic mass is 9.99. The van der Waals surface area contributed by atoms with Gasteiger partial charge in [0.2, 0.25) is 0 Å². The Hall–Kier alpha value is -1.76. The molecule has 1 unspecified atom stereocenters. The van der Waals surface area contributed by atoms with E-state index in [4.69, 9.17) is 4.74 Å². The molecular weight excluding hydrogens is 352 g/mol. The molecule has 2 rings (SSSR count). The van der Waals surface area contributed by atoms with Crippen molar-refractivity contribution in [1.82, 2.24) is 4.90 Å². The Bertz CT molecular complexity index is 718. The van der Waals surface area contributed by atoms with E-state index in [0.717, 1.165) is 18.5 Å². The summed E-state index contributed by atoms with van der Waals surface area (Å²) in [6.07, 6.45) is 2.83. The minimum Gasteiger partial charge on any atom is -0.449 e. The van der Waals surface area contributed by atoms with Crippen LogP contribution in [0, 0.1) is 5.92 Å². The number of sulfone groups is 1. The standard InChI is InChI=1S/C19H30N2O4S/c1-5-6-12-25-19(22)21-11-10-20(14-18(21)15(2)3)16-8-7-9-17(13-16)26(4,23)24/h7-9,13,15,18H,5-6,10-12,14H2,1-4H3. The first-order valence-electron chi connectivity index (χ1n) is 9.22. The maximum atomic E-state index is 12.4. The highest BCUT2D eigenvalue weighted by Gasteiger charge is 2.33. The van der Waals surface area contributed by atoms with Gasteiger partial charge in [-0.05, 0) is 30.5 Å². The van der Waals surface area contributed by atoms with Crippen molar-refractivity contribution in [3.8, 4) is 0 Å². The first-order valence-corrected chi connectivity index (χ1v) is 11.1. The first-order chi connectivity index (χ1) is 12.2. The van der Waals surface area contributed by atoms with E-state index in [-0.39, 0.29) is 18.1 Å². The molecule has 7 heteroatoms. The van der Waals surface area contributed by atoms with Crippen molar-refractivity contribution in [1.29, 1.82) is 0 Å². The number of benzene rings is 1. The zero-order valence-electron chi connectivity index (χ0n) is 16.1. The highest BCUT2D eigenvalue weighted by atomic mass is 32.2. The Morgan fingerprint density at radius 3 is 2.65 bits per heavy atom. The van der Waals surface area contributed by atoms with Gasteiger partial charge in [0.25, 0.3) is 0 Å². The van der Waals surface area contributed by atoms with Crippen molar-refractivity contribution in [2.24, 2.45) is 5.92 Å². The Labute approximate surface area is 157 Å². The molecule has 0 saturated carbocycles. The molecule has 0 bridgehead atoms. The molecule has 146 valence electrons. The average molecular weight is 383 g/mol. The van der Waals surface area contributed by atoms with Crippen molar-refractivity contribution >= 4 is 21.6 Å². The topological polar surface area (TPSA) is 66.9 Å². The molecule has 1 heterocycles. The summed E-state index contributed by atoms with van der Waals surface area (Å²) in [5.41, 5.74) is 0.873. The number of hydrogen-bond acceptors (Lipinski definition) is 5. The van der Waals surface area contributed by atoms with Crippen LogP contribution in [-0.2, 0) is 14.6 Å². The molecule has 0 N–H and O–H groups in total. The molecule has 0 radical (unpaired) electrons. The van der Waals surface area contributed by atoms with Gasteiger partial charge in [-0.3, -0.25) is 0 Å². The van der Waals surface area contributed by atoms with Gasteiger partial charge in [-0.1, -0.05) is 33.3 Å². The molecule has 0 aliphatic carbocycles. The van der Waals surface area contributed by atoms with E-state index in [1.54, 1.807) is 18.2 Å². The quantitative estimate of drug-likeness (QED) is 0.707. The maximum absolute atomic E-state index is 12.4. The van der Waals surface area contributed by atoms with Crippen LogP contribution in [0.15, 0.2) is 29.2 Å². The monoisotopic (exact) mass is 382 g/mol. The summed E-state index contributed by atoms with van der Waals surface area (Å²) >= 11 is 0. The van der Waals surface area contributed by atoms with Crippen LogP contribution in [0.25, 0.3) is 0 Å². The summed E-state index contributed by atoms with van der Waals surface area (Å²) in [7, 11) is -3.24. The Morgan fingerprint density at radius 2 is 2.04 bits per heavy atom. The molecule has 1 fully saturated rings. The van der Waals surface area contributed by atoms with Gasteiger partial charge in [-0.2, -0.15) is 0 Å². The van der Waals surface area contributed by atoms with Crippen LogP contribution in [-0.4, -0.2) is 57.9 Å². The number of carbonyl (C=O) groups is 1. The van der Waals surface area contributed by atoms with E-state index in [1.807, 2.05) is 11.0 Å². The van der Waals surface area contributed by atoms with E-state index in [2.05, 4.69) is 25.7 Å². The van der Waals surface area contributed by atoms with Crippen LogP contribution < -0.4 is 4.90 Å². The van der Waals surface area contributed by atoms with Crippen molar-refractivity contribution in [3.05, 3.63) is 24.3 Å². The van der Waals surface area contributed by atoms with Crippen LogP contribution in [0.1, 0.15) is 33.6 Å². The second-order valence-electron chi connectivity index (χ2n) is 7.19. The van der Waals surface area contributed by atoms with Gasteiger partial charge >= 0.3 is 6.09 Å². The number of rotatable bonds is 6. The minimum atomic E-state index is -3.24. The summed E-state index contributed by atoms with van der Waals surface area (Å²) in [6, 6.07) is 7.03. The maximum Gasteiger partial charge on any atom is 0.410 e. The fourth-order valence-electron chi connectivity index (χ4n) is 3.14. The van der Waals surface area contributed by atoms with E-state index >= 15 is 0 Å². The van der Waals surface area contributed by atoms with Crippen molar-refractivity contribution in [2.75, 3.05) is 37.4 Å². The van der Waals surface area contributed by atoms with E-state index in [0.29, 0.717) is 31.1 Å². The summed E-state index contributed by atoms with van der Waals surface area (Å²) in [4.78, 5) is 16.7. The number of anilines is 1. The Kier molecular flexibility index (Phi) is 6.92. The minimum absolute atomic E-state index is 0.0276. The van der Waals surface area contributed by atoms with Gasteiger partial charge in [-0.25, -0.2) is 13.2 Å². The molecule has 1 aliphatic rings. The second-order valence-corrected chi connectivity index (χ2v) is 9.20. The van der Waals surface area contributed by atoms with Crippen molar-refractivity contribution < 1.29 is 17.9 Å². The number of carbonyl (C=O) groups excluding carboxylic acids is 1. The SMILES string of the molecule is CCCCOC(=O)N1CCN(c2cccc(S(C)(=O)=O)c2)CC1C(C)C. The predicted octanol–water partition coefficient (Wildman–Crippen LogP) is 3.17. The van der Waals surface area contributed by atoms with Crippen LogP contribution >= 0.6 is 0 Å². The Balaban J connectivity index is 2.13. The van der Waals surface area contributed by atoms with Gasteiger partial charge in [0.1, 0.15) is 0 Å². The van der Waals surface area contributed by atoms with Crippen molar-refractivity contribution in [3.63, 3.8) is 0 Å². The second kappa shape index (κ2) is 8.75. The number of amides is 1. The smallest absolute Gasteiger partial charge is 0.410 e. The molecule has 1 atom stereocenters. The molecule has 0 spiro atoms. The number of piperazine rings is 1. The largest absolute Gasteiger partial charge is 0.449 e. The van der Waals surface area contributed by atoms with Crippen LogP contribution in [0.4, 0.5) is 10.5 Å². The third-order valence-electron chi connectivity index (χ3n) is 4.76. The number of hydrogen-bond donors (Lipinski definition) is 0. The zero-order valence-corrected chi connectivity index (χ0v) is 17.0. The van der Waals surface area contributed by atoms with Gasteiger partial charge in [0.05, 0.1) is 17.5 Å². The van der Waals surface area contributed by atoms with Crippen molar-refractivity contribution in [2.45, 2.75) is 44.6 Å². The normalized spacial score (nSPS) is 18.3. The molecule has 1 saturated heterocycles. The van der Waals surface area contributed by atoms with Crippen LogP contribution in [0.3, 0.4) is 0 Å². The Morgan fingerprint density at radius 1 is 1.31 bits per heavy atom. The molecule has 1 aliphatic heterocycles. The molecule has 1 aromatic carbocycles. The fraction of sp³-hybridized carbons (Fsp3) is 0.632. The number of nitrogens with zero attached hydrogens (tertiary/aromatic N) is 2. The average Bonchev–Trinajstić information content (AvgIpc) is 2.60. The van der Waals surface area contributed by atoms with Gasteiger partial charge in [0.15, 0.2) is 9.84 Å².